The first-order chi connectivity index (χ1) is 9.01. The standard InChI is InChI=1S/C14H19N3O2/c15-12(18)11-5-3-4-10(8-11)9-17-13(19)14(16)6-1-2-7-14/h3-5,8H,1-2,6-7,9,16H2,(H2,15,18)(H,17,19). The lowest BCUT2D eigenvalue weighted by atomic mass is 9.98. The Hall–Kier alpha value is -1.88. The van der Waals surface area contributed by atoms with Gasteiger partial charge in [-0.1, -0.05) is 25.0 Å². The van der Waals surface area contributed by atoms with Crippen LogP contribution in [-0.2, 0) is 11.3 Å². The Morgan fingerprint density at radius 2 is 1.95 bits per heavy atom. The van der Waals surface area contributed by atoms with E-state index in [9.17, 15) is 9.59 Å². The van der Waals surface area contributed by atoms with Crippen LogP contribution in [0, 0.1) is 0 Å². The van der Waals surface area contributed by atoms with E-state index in [-0.39, 0.29) is 5.91 Å². The van der Waals surface area contributed by atoms with Crippen LogP contribution in [0.5, 0.6) is 0 Å². The molecule has 1 saturated carbocycles. The molecule has 0 atom stereocenters. The highest BCUT2D eigenvalue weighted by atomic mass is 16.2. The molecule has 0 radical (unpaired) electrons. The molecule has 5 heteroatoms. The van der Waals surface area contributed by atoms with Gasteiger partial charge in [-0.2, -0.15) is 0 Å². The van der Waals surface area contributed by atoms with E-state index >= 15 is 0 Å². The van der Waals surface area contributed by atoms with E-state index in [4.69, 9.17) is 11.5 Å². The van der Waals surface area contributed by atoms with Gasteiger partial charge in [-0.3, -0.25) is 9.59 Å². The fraction of sp³-hybridized carbons (Fsp3) is 0.429. The minimum absolute atomic E-state index is 0.116. The van der Waals surface area contributed by atoms with Gasteiger partial charge in [-0.05, 0) is 30.5 Å². The number of nitrogens with one attached hydrogen (secondary N) is 1. The lowest BCUT2D eigenvalue weighted by Gasteiger charge is -2.22. The van der Waals surface area contributed by atoms with Crippen molar-refractivity contribution in [2.45, 2.75) is 37.8 Å². The highest BCUT2D eigenvalue weighted by Crippen LogP contribution is 2.27. The third-order valence-corrected chi connectivity index (χ3v) is 3.61. The van der Waals surface area contributed by atoms with Crippen LogP contribution in [0.15, 0.2) is 24.3 Å². The summed E-state index contributed by atoms with van der Waals surface area (Å²) in [6, 6.07) is 6.91. The number of carbonyl (C=O) groups excluding carboxylic acids is 2. The van der Waals surface area contributed by atoms with Gasteiger partial charge in [0.05, 0.1) is 5.54 Å². The number of rotatable bonds is 4. The Labute approximate surface area is 112 Å². The summed E-state index contributed by atoms with van der Waals surface area (Å²) >= 11 is 0. The highest BCUT2D eigenvalue weighted by molar-refractivity contribution is 5.93. The van der Waals surface area contributed by atoms with Crippen LogP contribution in [0.25, 0.3) is 0 Å². The minimum Gasteiger partial charge on any atom is -0.366 e. The molecule has 5 N–H and O–H groups in total. The molecule has 1 aromatic rings. The Balaban J connectivity index is 1.97. The second-order valence-electron chi connectivity index (χ2n) is 5.11. The predicted octanol–water partition coefficient (Wildman–Crippen LogP) is 0.673. The number of benzene rings is 1. The number of hydrogen-bond donors (Lipinski definition) is 3. The molecule has 0 saturated heterocycles. The zero-order valence-electron chi connectivity index (χ0n) is 10.8. The highest BCUT2D eigenvalue weighted by Gasteiger charge is 2.36. The van der Waals surface area contributed by atoms with Crippen molar-refractivity contribution in [1.29, 1.82) is 0 Å². The Kier molecular flexibility index (Phi) is 3.85. The second kappa shape index (κ2) is 5.40. The molecule has 102 valence electrons. The van der Waals surface area contributed by atoms with Crippen LogP contribution < -0.4 is 16.8 Å². The van der Waals surface area contributed by atoms with Gasteiger partial charge in [0.1, 0.15) is 0 Å². The van der Waals surface area contributed by atoms with Crippen LogP contribution in [0.4, 0.5) is 0 Å². The van der Waals surface area contributed by atoms with Crippen molar-refractivity contribution < 1.29 is 9.59 Å². The largest absolute Gasteiger partial charge is 0.366 e. The van der Waals surface area contributed by atoms with Crippen molar-refractivity contribution in [2.75, 3.05) is 0 Å². The van der Waals surface area contributed by atoms with Gasteiger partial charge in [0.15, 0.2) is 0 Å². The summed E-state index contributed by atoms with van der Waals surface area (Å²) in [5, 5.41) is 2.83. The van der Waals surface area contributed by atoms with E-state index in [1.807, 2.05) is 6.07 Å². The van der Waals surface area contributed by atoms with E-state index < -0.39 is 11.4 Å². The number of hydrogen-bond acceptors (Lipinski definition) is 3. The number of carbonyl (C=O) groups is 2. The van der Waals surface area contributed by atoms with Crippen molar-refractivity contribution in [3.8, 4) is 0 Å². The van der Waals surface area contributed by atoms with Crippen LogP contribution >= 0.6 is 0 Å². The van der Waals surface area contributed by atoms with Gasteiger partial charge < -0.3 is 16.8 Å². The van der Waals surface area contributed by atoms with E-state index in [0.717, 1.165) is 31.2 Å². The van der Waals surface area contributed by atoms with Crippen molar-refractivity contribution in [3.63, 3.8) is 0 Å². The summed E-state index contributed by atoms with van der Waals surface area (Å²) in [6.07, 6.45) is 3.47. The molecule has 0 aromatic heterocycles. The average Bonchev–Trinajstić information content (AvgIpc) is 2.84. The fourth-order valence-electron chi connectivity index (χ4n) is 2.43. The predicted molar refractivity (Wildman–Crippen MR) is 72.2 cm³/mol. The molecular weight excluding hydrogens is 242 g/mol. The van der Waals surface area contributed by atoms with Gasteiger partial charge in [-0.25, -0.2) is 0 Å². The summed E-state index contributed by atoms with van der Waals surface area (Å²) in [5.41, 5.74) is 11.8. The van der Waals surface area contributed by atoms with Crippen molar-refractivity contribution in [2.24, 2.45) is 11.5 Å². The molecular formula is C14H19N3O2. The molecule has 0 heterocycles. The number of amides is 2. The summed E-state index contributed by atoms with van der Waals surface area (Å²) in [5.74, 6) is -0.589. The summed E-state index contributed by atoms with van der Waals surface area (Å²) in [6.45, 7) is 0.360. The first-order valence-electron chi connectivity index (χ1n) is 6.47. The van der Waals surface area contributed by atoms with E-state index in [1.54, 1.807) is 18.2 Å². The molecule has 0 spiro atoms. The van der Waals surface area contributed by atoms with Crippen LogP contribution in [0.3, 0.4) is 0 Å². The van der Waals surface area contributed by atoms with Crippen molar-refractivity contribution in [1.82, 2.24) is 5.32 Å². The first-order valence-corrected chi connectivity index (χ1v) is 6.47. The normalized spacial score (nSPS) is 17.1. The maximum Gasteiger partial charge on any atom is 0.248 e. The Morgan fingerprint density at radius 1 is 1.26 bits per heavy atom. The monoisotopic (exact) mass is 261 g/mol. The van der Waals surface area contributed by atoms with Crippen molar-refractivity contribution in [3.05, 3.63) is 35.4 Å². The fourth-order valence-corrected chi connectivity index (χ4v) is 2.43. The van der Waals surface area contributed by atoms with Gasteiger partial charge in [0, 0.05) is 12.1 Å². The molecule has 5 nitrogen and oxygen atoms in total. The average molecular weight is 261 g/mol. The van der Waals surface area contributed by atoms with Gasteiger partial charge in [0.2, 0.25) is 11.8 Å². The zero-order valence-corrected chi connectivity index (χ0v) is 10.8. The smallest absolute Gasteiger partial charge is 0.248 e. The lowest BCUT2D eigenvalue weighted by Crippen LogP contribution is -2.51. The molecule has 2 rings (SSSR count). The third kappa shape index (κ3) is 3.12. The molecule has 2 amide bonds. The molecule has 1 fully saturated rings. The lowest BCUT2D eigenvalue weighted by molar-refractivity contribution is -0.126. The topological polar surface area (TPSA) is 98.2 Å². The molecule has 1 aliphatic rings. The first kappa shape index (κ1) is 13.5. The third-order valence-electron chi connectivity index (χ3n) is 3.61. The Bertz CT molecular complexity index is 493. The van der Waals surface area contributed by atoms with E-state index in [0.29, 0.717) is 12.1 Å². The SMILES string of the molecule is NC(=O)c1cccc(CNC(=O)C2(N)CCCC2)c1. The van der Waals surface area contributed by atoms with Crippen LogP contribution in [-0.4, -0.2) is 17.4 Å². The van der Waals surface area contributed by atoms with Crippen LogP contribution in [0.1, 0.15) is 41.6 Å². The molecule has 0 aliphatic heterocycles. The summed E-state index contributed by atoms with van der Waals surface area (Å²) < 4.78 is 0. The summed E-state index contributed by atoms with van der Waals surface area (Å²) in [7, 11) is 0. The minimum atomic E-state index is -0.721. The zero-order chi connectivity index (χ0) is 13.9. The molecule has 19 heavy (non-hydrogen) atoms. The number of primary amides is 1. The molecule has 1 aliphatic carbocycles. The van der Waals surface area contributed by atoms with Crippen molar-refractivity contribution >= 4 is 11.8 Å². The molecule has 0 bridgehead atoms. The van der Waals surface area contributed by atoms with E-state index in [1.165, 1.54) is 0 Å². The second-order valence-corrected chi connectivity index (χ2v) is 5.11. The quantitative estimate of drug-likeness (QED) is 0.743. The number of nitrogens with two attached hydrogens (primary N) is 2. The van der Waals surface area contributed by atoms with Crippen LogP contribution in [0.2, 0.25) is 0 Å². The van der Waals surface area contributed by atoms with Gasteiger partial charge >= 0.3 is 0 Å². The van der Waals surface area contributed by atoms with E-state index in [2.05, 4.69) is 5.32 Å². The van der Waals surface area contributed by atoms with Gasteiger partial charge in [0.25, 0.3) is 0 Å². The molecule has 0 unspecified atom stereocenters. The maximum absolute atomic E-state index is 12.0. The van der Waals surface area contributed by atoms with Gasteiger partial charge in [-0.15, -0.1) is 0 Å². The Morgan fingerprint density at radius 3 is 2.58 bits per heavy atom. The maximum atomic E-state index is 12.0. The summed E-state index contributed by atoms with van der Waals surface area (Å²) in [4.78, 5) is 23.1. The molecule has 1 aromatic carbocycles.